The summed E-state index contributed by atoms with van der Waals surface area (Å²) in [5, 5.41) is 12.0. The van der Waals surface area contributed by atoms with Gasteiger partial charge in [-0.15, -0.1) is 0 Å². The highest BCUT2D eigenvalue weighted by Gasteiger charge is 2.23. The van der Waals surface area contributed by atoms with Crippen molar-refractivity contribution in [2.75, 3.05) is 6.54 Å². The van der Waals surface area contributed by atoms with Crippen LogP contribution in [-0.4, -0.2) is 23.5 Å². The van der Waals surface area contributed by atoms with E-state index in [0.717, 1.165) is 18.4 Å². The summed E-state index contributed by atoms with van der Waals surface area (Å²) in [5.41, 5.74) is 0.969. The third-order valence-corrected chi connectivity index (χ3v) is 3.58. The lowest BCUT2D eigenvalue weighted by Crippen LogP contribution is -2.37. The molecule has 0 spiro atoms. The minimum Gasteiger partial charge on any atom is -0.481 e. The Morgan fingerprint density at radius 1 is 1.20 bits per heavy atom. The molecule has 1 aromatic carbocycles. The number of aliphatic carboxylic acids is 1. The van der Waals surface area contributed by atoms with Gasteiger partial charge >= 0.3 is 5.97 Å². The normalized spacial score (nSPS) is 16.0. The van der Waals surface area contributed by atoms with E-state index < -0.39 is 11.9 Å². The highest BCUT2D eigenvalue weighted by molar-refractivity contribution is 5.80. The van der Waals surface area contributed by atoms with Crippen LogP contribution in [0.2, 0.25) is 0 Å². The first-order chi connectivity index (χ1) is 9.66. The van der Waals surface area contributed by atoms with E-state index in [4.69, 9.17) is 0 Å². The second-order valence-corrected chi connectivity index (χ2v) is 5.11. The Labute approximate surface area is 118 Å². The van der Waals surface area contributed by atoms with Crippen LogP contribution >= 0.6 is 0 Å². The van der Waals surface area contributed by atoms with E-state index in [0.29, 0.717) is 6.42 Å². The Kier molecular flexibility index (Phi) is 4.93. The van der Waals surface area contributed by atoms with E-state index in [9.17, 15) is 14.7 Å². The summed E-state index contributed by atoms with van der Waals surface area (Å²) in [6.07, 6.45) is 5.91. The van der Waals surface area contributed by atoms with Crippen LogP contribution in [0.15, 0.2) is 42.5 Å². The van der Waals surface area contributed by atoms with Crippen LogP contribution in [0.5, 0.6) is 0 Å². The summed E-state index contributed by atoms with van der Waals surface area (Å²) in [6.45, 7) is 0.180. The first-order valence-corrected chi connectivity index (χ1v) is 6.86. The van der Waals surface area contributed by atoms with E-state index in [1.165, 1.54) is 0 Å². The number of carboxylic acid groups (broad SMARTS) is 1. The molecular formula is C16H19NO3. The lowest BCUT2D eigenvalue weighted by atomic mass is 9.99. The first kappa shape index (κ1) is 14.3. The number of benzene rings is 1. The van der Waals surface area contributed by atoms with Gasteiger partial charge in [0.1, 0.15) is 0 Å². The van der Waals surface area contributed by atoms with Crippen molar-refractivity contribution < 1.29 is 14.7 Å². The number of rotatable bonds is 6. The van der Waals surface area contributed by atoms with Gasteiger partial charge < -0.3 is 10.4 Å². The summed E-state index contributed by atoms with van der Waals surface area (Å²) in [4.78, 5) is 23.2. The largest absolute Gasteiger partial charge is 0.481 e. The Hall–Kier alpha value is -2.10. The molecule has 1 unspecified atom stereocenters. The third-order valence-electron chi connectivity index (χ3n) is 3.58. The molecule has 0 bridgehead atoms. The van der Waals surface area contributed by atoms with Crippen molar-refractivity contribution in [3.63, 3.8) is 0 Å². The Morgan fingerprint density at radius 3 is 2.45 bits per heavy atom. The van der Waals surface area contributed by atoms with Crippen LogP contribution in [0, 0.1) is 11.8 Å². The molecule has 1 amide bonds. The molecule has 4 heteroatoms. The number of carboxylic acids is 1. The van der Waals surface area contributed by atoms with Gasteiger partial charge in [0, 0.05) is 12.5 Å². The molecule has 0 radical (unpaired) electrons. The molecular weight excluding hydrogens is 254 g/mol. The minimum absolute atomic E-state index is 0.0267. The Morgan fingerprint density at radius 2 is 1.85 bits per heavy atom. The maximum absolute atomic E-state index is 11.9. The number of hydrogen-bond donors (Lipinski definition) is 2. The van der Waals surface area contributed by atoms with Crippen LogP contribution < -0.4 is 5.32 Å². The molecule has 1 aliphatic rings. The van der Waals surface area contributed by atoms with E-state index in [-0.39, 0.29) is 18.4 Å². The van der Waals surface area contributed by atoms with Crippen LogP contribution in [0.1, 0.15) is 18.4 Å². The predicted molar refractivity (Wildman–Crippen MR) is 76.1 cm³/mol. The number of nitrogens with one attached hydrogen (secondary N) is 1. The number of carbonyl (C=O) groups excluding carboxylic acids is 1. The maximum Gasteiger partial charge on any atom is 0.308 e. The lowest BCUT2D eigenvalue weighted by molar-refractivity contribution is -0.141. The van der Waals surface area contributed by atoms with Gasteiger partial charge in [0.15, 0.2) is 0 Å². The molecule has 2 N–H and O–H groups in total. The number of hydrogen-bond acceptors (Lipinski definition) is 2. The quantitative estimate of drug-likeness (QED) is 0.779. The fourth-order valence-electron chi connectivity index (χ4n) is 2.34. The average molecular weight is 273 g/mol. The van der Waals surface area contributed by atoms with Crippen molar-refractivity contribution in [3.05, 3.63) is 48.0 Å². The van der Waals surface area contributed by atoms with Gasteiger partial charge in [-0.3, -0.25) is 9.59 Å². The van der Waals surface area contributed by atoms with Crippen molar-refractivity contribution >= 4 is 11.9 Å². The van der Waals surface area contributed by atoms with Gasteiger partial charge in [-0.2, -0.15) is 0 Å². The highest BCUT2D eigenvalue weighted by Crippen LogP contribution is 2.17. The SMILES string of the molecule is O=C(O)C(CNC(=O)C1CC=CC1)Cc1ccccc1. The van der Waals surface area contributed by atoms with Gasteiger partial charge in [0.2, 0.25) is 5.91 Å². The molecule has 0 aromatic heterocycles. The first-order valence-electron chi connectivity index (χ1n) is 6.86. The fraction of sp³-hybridized carbons (Fsp3) is 0.375. The van der Waals surface area contributed by atoms with Crippen molar-refractivity contribution in [1.82, 2.24) is 5.32 Å². The van der Waals surface area contributed by atoms with Gasteiger partial charge in [-0.1, -0.05) is 42.5 Å². The van der Waals surface area contributed by atoms with Crippen molar-refractivity contribution in [3.8, 4) is 0 Å². The topological polar surface area (TPSA) is 66.4 Å². The second-order valence-electron chi connectivity index (χ2n) is 5.11. The molecule has 0 fully saturated rings. The minimum atomic E-state index is -0.876. The maximum atomic E-state index is 11.9. The standard InChI is InChI=1S/C16H19NO3/c18-15(13-8-4-5-9-13)17-11-14(16(19)20)10-12-6-2-1-3-7-12/h1-7,13-14H,8-11H2,(H,17,18)(H,19,20). The number of allylic oxidation sites excluding steroid dienone is 2. The zero-order valence-corrected chi connectivity index (χ0v) is 11.3. The number of amides is 1. The summed E-state index contributed by atoms with van der Waals surface area (Å²) in [5.74, 6) is -1.54. The van der Waals surface area contributed by atoms with Crippen LogP contribution in [0.3, 0.4) is 0 Å². The lowest BCUT2D eigenvalue weighted by Gasteiger charge is -2.15. The summed E-state index contributed by atoms with van der Waals surface area (Å²) >= 11 is 0. The molecule has 4 nitrogen and oxygen atoms in total. The van der Waals surface area contributed by atoms with Gasteiger partial charge in [-0.05, 0) is 24.8 Å². The molecule has 1 atom stereocenters. The van der Waals surface area contributed by atoms with Crippen LogP contribution in [0.25, 0.3) is 0 Å². The predicted octanol–water partition coefficient (Wildman–Crippen LogP) is 2.01. The Balaban J connectivity index is 1.86. The molecule has 20 heavy (non-hydrogen) atoms. The summed E-state index contributed by atoms with van der Waals surface area (Å²) < 4.78 is 0. The van der Waals surface area contributed by atoms with Gasteiger partial charge in [-0.25, -0.2) is 0 Å². The van der Waals surface area contributed by atoms with Crippen LogP contribution in [0.4, 0.5) is 0 Å². The fourth-order valence-corrected chi connectivity index (χ4v) is 2.34. The van der Waals surface area contributed by atoms with Gasteiger partial charge in [0.05, 0.1) is 5.92 Å². The zero-order chi connectivity index (χ0) is 14.4. The second kappa shape index (κ2) is 6.89. The van der Waals surface area contributed by atoms with Gasteiger partial charge in [0.25, 0.3) is 0 Å². The van der Waals surface area contributed by atoms with E-state index in [1.807, 2.05) is 42.5 Å². The third kappa shape index (κ3) is 3.95. The van der Waals surface area contributed by atoms with Crippen LogP contribution in [-0.2, 0) is 16.0 Å². The average Bonchev–Trinajstić information content (AvgIpc) is 2.98. The van der Waals surface area contributed by atoms with E-state index in [1.54, 1.807) is 0 Å². The monoisotopic (exact) mass is 273 g/mol. The zero-order valence-electron chi connectivity index (χ0n) is 11.3. The summed E-state index contributed by atoms with van der Waals surface area (Å²) in [7, 11) is 0. The highest BCUT2D eigenvalue weighted by atomic mass is 16.4. The van der Waals surface area contributed by atoms with E-state index >= 15 is 0 Å². The Bertz CT molecular complexity index is 488. The van der Waals surface area contributed by atoms with E-state index in [2.05, 4.69) is 5.32 Å². The number of carbonyl (C=O) groups is 2. The smallest absolute Gasteiger partial charge is 0.308 e. The molecule has 1 aromatic rings. The molecule has 0 heterocycles. The summed E-state index contributed by atoms with van der Waals surface area (Å²) in [6, 6.07) is 9.47. The molecule has 2 rings (SSSR count). The van der Waals surface area contributed by atoms with Crippen molar-refractivity contribution in [2.45, 2.75) is 19.3 Å². The molecule has 1 aliphatic carbocycles. The molecule has 0 saturated carbocycles. The molecule has 0 saturated heterocycles. The van der Waals surface area contributed by atoms with Crippen molar-refractivity contribution in [2.24, 2.45) is 11.8 Å². The molecule has 0 aliphatic heterocycles. The van der Waals surface area contributed by atoms with Crippen molar-refractivity contribution in [1.29, 1.82) is 0 Å². The molecule has 106 valence electrons.